The highest BCUT2D eigenvalue weighted by Gasteiger charge is 2.20. The first-order chi connectivity index (χ1) is 4.95. The molecular formula is C5H7Br3O3. The second-order valence-corrected chi connectivity index (χ2v) is 8.84. The van der Waals surface area contributed by atoms with Crippen molar-refractivity contribution in [1.29, 1.82) is 0 Å². The first-order valence-electron chi connectivity index (χ1n) is 2.82. The van der Waals surface area contributed by atoms with Crippen molar-refractivity contribution in [1.82, 2.24) is 0 Å². The minimum atomic E-state index is -0.671. The standard InChI is InChI=1S/C5H7Br3O3/c1-2-10-4(9)11-3-5(6,7)8/h2-3H2,1H3. The molecule has 66 valence electrons. The Hall–Kier alpha value is 0.710. The molecule has 0 saturated carbocycles. The average molecular weight is 355 g/mol. The lowest BCUT2D eigenvalue weighted by atomic mass is 10.8. The van der Waals surface area contributed by atoms with Crippen LogP contribution < -0.4 is 0 Å². The fourth-order valence-electron chi connectivity index (χ4n) is 0.300. The highest BCUT2D eigenvalue weighted by Crippen LogP contribution is 2.33. The molecule has 0 heterocycles. The lowest BCUT2D eigenvalue weighted by molar-refractivity contribution is 0.0621. The van der Waals surface area contributed by atoms with Gasteiger partial charge in [-0.1, -0.05) is 47.8 Å². The fraction of sp³-hybridized carbons (Fsp3) is 0.800. The van der Waals surface area contributed by atoms with E-state index < -0.39 is 8.30 Å². The van der Waals surface area contributed by atoms with Gasteiger partial charge in [-0.15, -0.1) is 0 Å². The smallest absolute Gasteiger partial charge is 0.435 e. The molecule has 0 aromatic rings. The van der Waals surface area contributed by atoms with Crippen molar-refractivity contribution in [3.05, 3.63) is 0 Å². The molecule has 0 spiro atoms. The Morgan fingerprint density at radius 3 is 2.27 bits per heavy atom. The minimum Gasteiger partial charge on any atom is -0.435 e. The molecule has 0 atom stereocenters. The molecule has 0 aliphatic heterocycles. The number of halogens is 3. The van der Waals surface area contributed by atoms with Gasteiger partial charge in [-0.2, -0.15) is 0 Å². The third kappa shape index (κ3) is 8.62. The van der Waals surface area contributed by atoms with Crippen LogP contribution in [0.5, 0.6) is 0 Å². The minimum absolute atomic E-state index is 0.145. The predicted molar refractivity (Wildman–Crippen MR) is 52.5 cm³/mol. The van der Waals surface area contributed by atoms with Gasteiger partial charge in [-0.3, -0.25) is 0 Å². The zero-order valence-corrected chi connectivity index (χ0v) is 10.5. The van der Waals surface area contributed by atoms with E-state index in [0.29, 0.717) is 6.61 Å². The summed E-state index contributed by atoms with van der Waals surface area (Å²) in [5.74, 6) is 0. The van der Waals surface area contributed by atoms with Gasteiger partial charge in [-0.05, 0) is 6.92 Å². The summed E-state index contributed by atoms with van der Waals surface area (Å²) in [5, 5.41) is 0. The zero-order valence-electron chi connectivity index (χ0n) is 5.77. The lowest BCUT2D eigenvalue weighted by Crippen LogP contribution is -2.16. The molecule has 0 fully saturated rings. The lowest BCUT2D eigenvalue weighted by Gasteiger charge is -2.11. The van der Waals surface area contributed by atoms with Gasteiger partial charge in [0.25, 0.3) is 0 Å². The van der Waals surface area contributed by atoms with Crippen LogP contribution in [0.1, 0.15) is 6.92 Å². The Balaban J connectivity index is 3.46. The molecule has 0 aliphatic carbocycles. The number of alkyl halides is 3. The van der Waals surface area contributed by atoms with Crippen LogP contribution in [0.2, 0.25) is 0 Å². The predicted octanol–water partition coefficient (Wildman–Crippen LogP) is 3.00. The summed E-state index contributed by atoms with van der Waals surface area (Å²) in [6.07, 6.45) is -0.671. The molecule has 3 nitrogen and oxygen atoms in total. The van der Waals surface area contributed by atoms with Crippen LogP contribution in [0.25, 0.3) is 0 Å². The molecule has 0 radical (unpaired) electrons. The van der Waals surface area contributed by atoms with Crippen LogP contribution in [-0.2, 0) is 9.47 Å². The van der Waals surface area contributed by atoms with E-state index in [-0.39, 0.29) is 6.61 Å². The molecule has 0 unspecified atom stereocenters. The normalized spacial score (nSPS) is 10.9. The van der Waals surface area contributed by atoms with Crippen molar-refractivity contribution in [3.63, 3.8) is 0 Å². The second-order valence-electron chi connectivity index (χ2n) is 1.59. The van der Waals surface area contributed by atoms with E-state index in [1.54, 1.807) is 6.92 Å². The second kappa shape index (κ2) is 5.37. The average Bonchev–Trinajstić information content (AvgIpc) is 1.83. The fourth-order valence-corrected chi connectivity index (χ4v) is 0.644. The quantitative estimate of drug-likeness (QED) is 0.565. The maximum atomic E-state index is 10.6. The molecular weight excluding hydrogens is 348 g/mol. The first kappa shape index (κ1) is 11.7. The van der Waals surface area contributed by atoms with Crippen molar-refractivity contribution >= 4 is 53.9 Å². The van der Waals surface area contributed by atoms with Gasteiger partial charge in [0.2, 0.25) is 0 Å². The molecule has 0 bridgehead atoms. The molecule has 0 rings (SSSR count). The Morgan fingerprint density at radius 2 is 1.91 bits per heavy atom. The van der Waals surface area contributed by atoms with Crippen molar-refractivity contribution in [2.75, 3.05) is 13.2 Å². The van der Waals surface area contributed by atoms with Gasteiger partial charge in [0.05, 0.1) is 6.61 Å². The van der Waals surface area contributed by atoms with Crippen LogP contribution in [0.15, 0.2) is 0 Å². The Bertz CT molecular complexity index is 131. The molecule has 0 saturated heterocycles. The van der Waals surface area contributed by atoms with Gasteiger partial charge in [-0.25, -0.2) is 4.79 Å². The van der Waals surface area contributed by atoms with Crippen LogP contribution in [-0.4, -0.2) is 21.5 Å². The molecule has 11 heavy (non-hydrogen) atoms. The summed E-state index contributed by atoms with van der Waals surface area (Å²) in [7, 11) is 0. The van der Waals surface area contributed by atoms with Crippen LogP contribution in [0.4, 0.5) is 4.79 Å². The Labute approximate surface area is 90.2 Å². The summed E-state index contributed by atoms with van der Waals surface area (Å²) in [6, 6.07) is 0. The number of hydrogen-bond acceptors (Lipinski definition) is 3. The number of ether oxygens (including phenoxy) is 2. The number of carbonyl (C=O) groups is 1. The maximum Gasteiger partial charge on any atom is 0.508 e. The van der Waals surface area contributed by atoms with Gasteiger partial charge in [0.15, 0.2) is 2.14 Å². The van der Waals surface area contributed by atoms with E-state index in [0.717, 1.165) is 0 Å². The molecule has 6 heteroatoms. The zero-order chi connectivity index (χ0) is 8.91. The largest absolute Gasteiger partial charge is 0.508 e. The van der Waals surface area contributed by atoms with Crippen LogP contribution in [0.3, 0.4) is 0 Å². The topological polar surface area (TPSA) is 35.5 Å². The van der Waals surface area contributed by atoms with E-state index >= 15 is 0 Å². The van der Waals surface area contributed by atoms with Gasteiger partial charge in [0, 0.05) is 0 Å². The van der Waals surface area contributed by atoms with E-state index in [4.69, 9.17) is 0 Å². The molecule has 0 N–H and O–H groups in total. The summed E-state index contributed by atoms with van der Waals surface area (Å²) in [6.45, 7) is 2.18. The van der Waals surface area contributed by atoms with E-state index in [1.165, 1.54) is 0 Å². The third-order valence-corrected chi connectivity index (χ3v) is 1.30. The van der Waals surface area contributed by atoms with Crippen molar-refractivity contribution in [2.45, 2.75) is 9.07 Å². The highest BCUT2D eigenvalue weighted by atomic mass is 80.0. The summed E-state index contributed by atoms with van der Waals surface area (Å²) >= 11 is 9.48. The maximum absolute atomic E-state index is 10.6. The summed E-state index contributed by atoms with van der Waals surface area (Å²) in [5.41, 5.74) is 0. The molecule has 0 aromatic heterocycles. The molecule has 0 amide bonds. The summed E-state index contributed by atoms with van der Waals surface area (Å²) < 4.78 is 8.60. The van der Waals surface area contributed by atoms with Crippen molar-refractivity contribution in [2.24, 2.45) is 0 Å². The Kier molecular flexibility index (Phi) is 5.72. The molecule has 0 aromatic carbocycles. The van der Waals surface area contributed by atoms with Gasteiger partial charge in [0.1, 0.15) is 6.61 Å². The van der Waals surface area contributed by atoms with E-state index in [2.05, 4.69) is 57.3 Å². The number of rotatable bonds is 2. The highest BCUT2D eigenvalue weighted by molar-refractivity contribution is 9.39. The van der Waals surface area contributed by atoms with Crippen molar-refractivity contribution < 1.29 is 14.3 Å². The van der Waals surface area contributed by atoms with Gasteiger partial charge < -0.3 is 9.47 Å². The van der Waals surface area contributed by atoms with Gasteiger partial charge >= 0.3 is 6.16 Å². The number of carbonyl (C=O) groups excluding carboxylic acids is 1. The van der Waals surface area contributed by atoms with Crippen LogP contribution >= 0.6 is 47.8 Å². The van der Waals surface area contributed by atoms with E-state index in [1.807, 2.05) is 0 Å². The number of hydrogen-bond donors (Lipinski definition) is 0. The summed E-state index contributed by atoms with van der Waals surface area (Å²) in [4.78, 5) is 10.6. The monoisotopic (exact) mass is 352 g/mol. The first-order valence-corrected chi connectivity index (χ1v) is 5.20. The molecule has 0 aliphatic rings. The SMILES string of the molecule is CCOC(=O)OCC(Br)(Br)Br. The van der Waals surface area contributed by atoms with Crippen molar-refractivity contribution in [3.8, 4) is 0 Å². The van der Waals surface area contributed by atoms with E-state index in [9.17, 15) is 4.79 Å². The van der Waals surface area contributed by atoms with Crippen LogP contribution in [0, 0.1) is 0 Å². The third-order valence-electron chi connectivity index (χ3n) is 0.616. The Morgan fingerprint density at radius 1 is 1.36 bits per heavy atom.